The van der Waals surface area contributed by atoms with Crippen LogP contribution in [0.3, 0.4) is 0 Å². The quantitative estimate of drug-likeness (QED) is 0.712. The van der Waals surface area contributed by atoms with Gasteiger partial charge < -0.3 is 4.90 Å². The summed E-state index contributed by atoms with van der Waals surface area (Å²) in [6.07, 6.45) is 2.18. The molecule has 2 heterocycles. The molecular weight excluding hydrogens is 384 g/mol. The second kappa shape index (κ2) is 6.62. The first-order valence-electron chi connectivity index (χ1n) is 6.37. The summed E-state index contributed by atoms with van der Waals surface area (Å²) >= 11 is 10.5. The maximum atomic E-state index is 12.6. The van der Waals surface area contributed by atoms with Crippen molar-refractivity contribution < 1.29 is 8.42 Å². The second-order valence-corrected chi connectivity index (χ2v) is 9.78. The van der Waals surface area contributed by atoms with E-state index in [0.717, 1.165) is 24.3 Å². The molecule has 0 saturated carbocycles. The number of likely N-dealkylation sites (tertiary alicyclic amines) is 1. The van der Waals surface area contributed by atoms with E-state index in [2.05, 4.69) is 20.8 Å². The number of hydrogen-bond donors (Lipinski definition) is 0. The van der Waals surface area contributed by atoms with Gasteiger partial charge >= 0.3 is 0 Å². The predicted molar refractivity (Wildman–Crippen MR) is 87.0 cm³/mol. The topological polar surface area (TPSA) is 40.6 Å². The lowest BCUT2D eigenvalue weighted by Crippen LogP contribution is -2.39. The first-order chi connectivity index (χ1) is 9.36. The average molecular weight is 402 g/mol. The van der Waals surface area contributed by atoms with Crippen molar-refractivity contribution in [1.29, 1.82) is 0 Å². The molecule has 0 aromatic carbocycles. The standard InChI is InChI=1S/C12H18BrClN2O2S2/c1-15-5-3-4-9(15)8-16(2)20(17,18)11-6-10(7-14)19-12(11)13/h6,9H,3-5,7-8H2,1-2H3. The maximum absolute atomic E-state index is 12.6. The molecule has 1 aliphatic heterocycles. The third-order valence-electron chi connectivity index (χ3n) is 3.67. The summed E-state index contributed by atoms with van der Waals surface area (Å²) in [5.74, 6) is 0.327. The number of alkyl halides is 1. The Labute approximate surface area is 137 Å². The van der Waals surface area contributed by atoms with Crippen molar-refractivity contribution in [3.05, 3.63) is 14.7 Å². The molecular formula is C12H18BrClN2O2S2. The van der Waals surface area contributed by atoms with Crippen molar-refractivity contribution in [1.82, 2.24) is 9.21 Å². The van der Waals surface area contributed by atoms with Gasteiger partial charge in [0.2, 0.25) is 10.0 Å². The molecule has 2 rings (SSSR count). The Morgan fingerprint density at radius 3 is 2.80 bits per heavy atom. The minimum absolute atomic E-state index is 0.305. The number of hydrogen-bond acceptors (Lipinski definition) is 4. The molecule has 0 N–H and O–H groups in total. The Morgan fingerprint density at radius 1 is 1.60 bits per heavy atom. The van der Waals surface area contributed by atoms with Crippen LogP contribution in [0.15, 0.2) is 14.7 Å². The van der Waals surface area contributed by atoms with Gasteiger partial charge in [0.1, 0.15) is 4.90 Å². The highest BCUT2D eigenvalue weighted by Crippen LogP contribution is 2.34. The third-order valence-corrected chi connectivity index (χ3v) is 8.19. The molecule has 1 unspecified atom stereocenters. The lowest BCUT2D eigenvalue weighted by molar-refractivity contribution is 0.271. The highest BCUT2D eigenvalue weighted by molar-refractivity contribution is 9.11. The lowest BCUT2D eigenvalue weighted by atomic mass is 10.2. The second-order valence-electron chi connectivity index (χ2n) is 5.05. The largest absolute Gasteiger partial charge is 0.302 e. The van der Waals surface area contributed by atoms with E-state index in [9.17, 15) is 8.42 Å². The van der Waals surface area contributed by atoms with E-state index in [0.29, 0.717) is 27.1 Å². The van der Waals surface area contributed by atoms with Crippen LogP contribution in [-0.2, 0) is 15.9 Å². The first-order valence-corrected chi connectivity index (χ1v) is 9.95. The number of sulfonamides is 1. The Kier molecular flexibility index (Phi) is 5.53. The Bertz CT molecular complexity index is 576. The summed E-state index contributed by atoms with van der Waals surface area (Å²) in [7, 11) is 0.232. The van der Waals surface area contributed by atoms with Gasteiger partial charge in [-0.2, -0.15) is 4.31 Å². The monoisotopic (exact) mass is 400 g/mol. The number of rotatable bonds is 5. The fourth-order valence-electron chi connectivity index (χ4n) is 2.41. The van der Waals surface area contributed by atoms with E-state index in [1.807, 2.05) is 7.05 Å². The zero-order valence-electron chi connectivity index (χ0n) is 11.5. The molecule has 0 radical (unpaired) electrons. The van der Waals surface area contributed by atoms with E-state index >= 15 is 0 Å². The van der Waals surface area contributed by atoms with Crippen LogP contribution in [0, 0.1) is 0 Å². The van der Waals surface area contributed by atoms with Gasteiger partial charge in [-0.15, -0.1) is 22.9 Å². The molecule has 8 heteroatoms. The lowest BCUT2D eigenvalue weighted by Gasteiger charge is -2.25. The van der Waals surface area contributed by atoms with Crippen LogP contribution < -0.4 is 0 Å². The molecule has 4 nitrogen and oxygen atoms in total. The summed E-state index contributed by atoms with van der Waals surface area (Å²) in [6, 6.07) is 1.96. The minimum atomic E-state index is -3.46. The van der Waals surface area contributed by atoms with Crippen molar-refractivity contribution >= 4 is 48.9 Å². The van der Waals surface area contributed by atoms with Gasteiger partial charge in [0.25, 0.3) is 0 Å². The van der Waals surface area contributed by atoms with Gasteiger partial charge in [-0.05, 0) is 48.4 Å². The molecule has 1 aromatic heterocycles. The zero-order chi connectivity index (χ0) is 14.9. The van der Waals surface area contributed by atoms with E-state index in [4.69, 9.17) is 11.6 Å². The van der Waals surface area contributed by atoms with Crippen molar-refractivity contribution in [2.24, 2.45) is 0 Å². The predicted octanol–water partition coefficient (Wildman–Crippen LogP) is 2.96. The summed E-state index contributed by atoms with van der Waals surface area (Å²) < 4.78 is 27.3. The van der Waals surface area contributed by atoms with Gasteiger partial charge in [0.05, 0.1) is 9.67 Å². The molecule has 0 spiro atoms. The zero-order valence-corrected chi connectivity index (χ0v) is 15.4. The molecule has 1 aliphatic rings. The van der Waals surface area contributed by atoms with Crippen LogP contribution >= 0.6 is 38.9 Å². The Balaban J connectivity index is 2.18. The normalized spacial score (nSPS) is 20.9. The SMILES string of the molecule is CN1CCCC1CN(C)S(=O)(=O)c1cc(CCl)sc1Br. The molecule has 1 saturated heterocycles. The van der Waals surface area contributed by atoms with E-state index < -0.39 is 10.0 Å². The van der Waals surface area contributed by atoms with Gasteiger partial charge in [0, 0.05) is 24.5 Å². The molecule has 1 aromatic rings. The Morgan fingerprint density at radius 2 is 2.30 bits per heavy atom. The third kappa shape index (κ3) is 3.39. The van der Waals surface area contributed by atoms with Gasteiger partial charge in [-0.3, -0.25) is 0 Å². The molecule has 0 bridgehead atoms. The summed E-state index contributed by atoms with van der Waals surface area (Å²) in [6.45, 7) is 1.56. The van der Waals surface area contributed by atoms with Gasteiger partial charge in [0.15, 0.2) is 0 Å². The van der Waals surface area contributed by atoms with Crippen LogP contribution in [0.4, 0.5) is 0 Å². The van der Waals surface area contributed by atoms with Crippen LogP contribution in [0.5, 0.6) is 0 Å². The fourth-order valence-corrected chi connectivity index (χ4v) is 6.34. The van der Waals surface area contributed by atoms with Crippen molar-refractivity contribution in [2.45, 2.75) is 29.7 Å². The van der Waals surface area contributed by atoms with Crippen LogP contribution in [0.25, 0.3) is 0 Å². The average Bonchev–Trinajstić information content (AvgIpc) is 2.96. The smallest absolute Gasteiger partial charge is 0.244 e. The summed E-state index contributed by atoms with van der Waals surface area (Å²) in [5.41, 5.74) is 0. The van der Waals surface area contributed by atoms with Crippen molar-refractivity contribution in [3.63, 3.8) is 0 Å². The molecule has 20 heavy (non-hydrogen) atoms. The number of thiophene rings is 1. The van der Waals surface area contributed by atoms with Crippen LogP contribution in [0.2, 0.25) is 0 Å². The molecule has 1 atom stereocenters. The number of nitrogens with zero attached hydrogens (tertiary/aromatic N) is 2. The molecule has 0 aliphatic carbocycles. The van der Waals surface area contributed by atoms with E-state index in [1.54, 1.807) is 13.1 Å². The van der Waals surface area contributed by atoms with E-state index in [1.165, 1.54) is 15.6 Å². The van der Waals surface area contributed by atoms with Gasteiger partial charge in [-0.1, -0.05) is 0 Å². The molecule has 1 fully saturated rings. The van der Waals surface area contributed by atoms with Crippen LogP contribution in [0.1, 0.15) is 17.7 Å². The maximum Gasteiger partial charge on any atom is 0.244 e. The highest BCUT2D eigenvalue weighted by Gasteiger charge is 2.30. The van der Waals surface area contributed by atoms with Crippen molar-refractivity contribution in [3.8, 4) is 0 Å². The number of likely N-dealkylation sites (N-methyl/N-ethyl adjacent to an activating group) is 2. The first kappa shape index (κ1) is 16.7. The van der Waals surface area contributed by atoms with Gasteiger partial charge in [-0.25, -0.2) is 8.42 Å². The van der Waals surface area contributed by atoms with Crippen LogP contribution in [-0.4, -0.2) is 50.8 Å². The summed E-state index contributed by atoms with van der Waals surface area (Å²) in [5, 5.41) is 0. The minimum Gasteiger partial charge on any atom is -0.302 e. The fraction of sp³-hybridized carbons (Fsp3) is 0.667. The van der Waals surface area contributed by atoms with Crippen molar-refractivity contribution in [2.75, 3.05) is 27.2 Å². The molecule has 0 amide bonds. The van der Waals surface area contributed by atoms with E-state index in [-0.39, 0.29) is 0 Å². The summed E-state index contributed by atoms with van der Waals surface area (Å²) in [4.78, 5) is 3.39. The Hall–Kier alpha value is 0.340. The highest BCUT2D eigenvalue weighted by atomic mass is 79.9. The number of halogens is 2. The molecule has 114 valence electrons.